The van der Waals surface area contributed by atoms with Crippen molar-refractivity contribution >= 4 is 0 Å². The summed E-state index contributed by atoms with van der Waals surface area (Å²) in [6.07, 6.45) is 7.61. The predicted octanol–water partition coefficient (Wildman–Crippen LogP) is 9.04. The van der Waals surface area contributed by atoms with Gasteiger partial charge in [0.05, 0.1) is 0 Å². The quantitative estimate of drug-likeness (QED) is 0.246. The number of fused-ring (bicyclic) bond motifs is 6. The zero-order valence-corrected chi connectivity index (χ0v) is 23.0. The van der Waals surface area contributed by atoms with E-state index in [1.165, 1.54) is 77.9 Å². The third kappa shape index (κ3) is 3.07. The molecule has 0 spiro atoms. The molecule has 0 saturated carbocycles. The Labute approximate surface area is 225 Å². The van der Waals surface area contributed by atoms with Crippen LogP contribution in [0.5, 0.6) is 0 Å². The topological polar surface area (TPSA) is 25.8 Å². The molecular weight excluding hydrogens is 460 g/mol. The van der Waals surface area contributed by atoms with Crippen molar-refractivity contribution < 1.29 is 0 Å². The van der Waals surface area contributed by atoms with E-state index in [1.54, 1.807) is 0 Å². The molecule has 7 rings (SSSR count). The first-order chi connectivity index (χ1) is 18.2. The third-order valence-corrected chi connectivity index (χ3v) is 9.05. The first-order valence-electron chi connectivity index (χ1n) is 13.5. The Kier molecular flexibility index (Phi) is 4.70. The molecule has 0 unspecified atom stereocenters. The maximum atomic E-state index is 4.37. The van der Waals surface area contributed by atoms with Gasteiger partial charge in [-0.2, -0.15) is 0 Å². The zero-order valence-electron chi connectivity index (χ0n) is 23.0. The summed E-state index contributed by atoms with van der Waals surface area (Å²) in [6.45, 7) is 14.1. The summed E-state index contributed by atoms with van der Waals surface area (Å²) in [4.78, 5) is 8.74. The number of aromatic nitrogens is 2. The van der Waals surface area contributed by atoms with Gasteiger partial charge in [0.15, 0.2) is 0 Å². The van der Waals surface area contributed by atoms with Crippen LogP contribution in [-0.2, 0) is 10.8 Å². The Morgan fingerprint density at radius 1 is 0.500 bits per heavy atom. The summed E-state index contributed by atoms with van der Waals surface area (Å²) in [5.74, 6) is 0. The molecule has 0 radical (unpaired) electrons. The van der Waals surface area contributed by atoms with Crippen molar-refractivity contribution in [1.29, 1.82) is 0 Å². The second-order valence-electron chi connectivity index (χ2n) is 12.1. The number of rotatable bonds is 2. The van der Waals surface area contributed by atoms with Crippen LogP contribution in [-0.4, -0.2) is 9.97 Å². The number of hydrogen-bond donors (Lipinski definition) is 0. The molecule has 2 heteroatoms. The third-order valence-electron chi connectivity index (χ3n) is 9.05. The fourth-order valence-electron chi connectivity index (χ4n) is 7.01. The second kappa shape index (κ2) is 7.74. The molecule has 186 valence electrons. The van der Waals surface area contributed by atoms with Crippen molar-refractivity contribution in [3.63, 3.8) is 0 Å². The van der Waals surface area contributed by atoms with Crippen LogP contribution in [0.15, 0.2) is 85.5 Å². The van der Waals surface area contributed by atoms with Crippen molar-refractivity contribution in [1.82, 2.24) is 9.97 Å². The van der Waals surface area contributed by atoms with Crippen molar-refractivity contribution in [2.75, 3.05) is 0 Å². The van der Waals surface area contributed by atoms with Gasteiger partial charge >= 0.3 is 0 Å². The van der Waals surface area contributed by atoms with Gasteiger partial charge in [-0.1, -0.05) is 52.0 Å². The second-order valence-corrected chi connectivity index (χ2v) is 12.1. The summed E-state index contributed by atoms with van der Waals surface area (Å²) in [7, 11) is 0. The van der Waals surface area contributed by atoms with Crippen molar-refractivity contribution in [2.45, 2.75) is 52.4 Å². The van der Waals surface area contributed by atoms with Gasteiger partial charge in [0.2, 0.25) is 0 Å². The van der Waals surface area contributed by atoms with Gasteiger partial charge in [-0.3, -0.25) is 9.97 Å². The lowest BCUT2D eigenvalue weighted by molar-refractivity contribution is 0.652. The highest BCUT2D eigenvalue weighted by molar-refractivity contribution is 5.93. The standard InChI is InChI=1S/C36H32N2/c1-21-13-25(23-9-7-11-37-19-23)15-31-33(21)27-17-30-28(18-29(27)35(31,3)4)34-22(2)14-26(16-32(34)36(30,5)6)24-10-8-12-38-20-24/h7-20H,1-6H3. The zero-order chi connectivity index (χ0) is 26.4. The van der Waals surface area contributed by atoms with E-state index in [4.69, 9.17) is 0 Å². The molecule has 2 aromatic heterocycles. The van der Waals surface area contributed by atoms with Crippen LogP contribution in [0, 0.1) is 13.8 Å². The van der Waals surface area contributed by atoms with Crippen molar-refractivity contribution in [2.24, 2.45) is 0 Å². The van der Waals surface area contributed by atoms with Gasteiger partial charge < -0.3 is 0 Å². The van der Waals surface area contributed by atoms with Gasteiger partial charge in [-0.25, -0.2) is 0 Å². The number of pyridine rings is 2. The lowest BCUT2D eigenvalue weighted by atomic mass is 9.79. The minimum Gasteiger partial charge on any atom is -0.264 e. The monoisotopic (exact) mass is 492 g/mol. The Morgan fingerprint density at radius 3 is 1.29 bits per heavy atom. The Balaban J connectivity index is 1.44. The van der Waals surface area contributed by atoms with E-state index in [-0.39, 0.29) is 10.8 Å². The molecule has 38 heavy (non-hydrogen) atoms. The maximum Gasteiger partial charge on any atom is 0.0346 e. The molecule has 0 saturated heterocycles. The molecule has 0 aliphatic heterocycles. The van der Waals surface area contributed by atoms with Gasteiger partial charge in [0.25, 0.3) is 0 Å². The van der Waals surface area contributed by atoms with E-state index < -0.39 is 0 Å². The fraction of sp³-hybridized carbons (Fsp3) is 0.222. The summed E-state index contributed by atoms with van der Waals surface area (Å²) in [6, 6.07) is 22.8. The highest BCUT2D eigenvalue weighted by atomic mass is 14.6. The average Bonchev–Trinajstić information content (AvgIpc) is 3.28. The molecule has 0 atom stereocenters. The van der Waals surface area contributed by atoms with Gasteiger partial charge in [0, 0.05) is 46.7 Å². The molecule has 0 fully saturated rings. The molecular formula is C36H32N2. The summed E-state index contributed by atoms with van der Waals surface area (Å²) >= 11 is 0. The van der Waals surface area contributed by atoms with Gasteiger partial charge in [0.1, 0.15) is 0 Å². The first-order valence-corrected chi connectivity index (χ1v) is 13.5. The minimum absolute atomic E-state index is 0.0842. The van der Waals surface area contributed by atoms with E-state index >= 15 is 0 Å². The molecule has 0 N–H and O–H groups in total. The highest BCUT2D eigenvalue weighted by Gasteiger charge is 2.42. The normalized spacial score (nSPS) is 15.5. The first kappa shape index (κ1) is 23.1. The molecule has 3 aromatic carbocycles. The van der Waals surface area contributed by atoms with Gasteiger partial charge in [-0.15, -0.1) is 0 Å². The van der Waals surface area contributed by atoms with E-state index in [9.17, 15) is 0 Å². The van der Waals surface area contributed by atoms with Crippen LogP contribution < -0.4 is 0 Å². The van der Waals surface area contributed by atoms with Crippen LogP contribution in [0.3, 0.4) is 0 Å². The van der Waals surface area contributed by atoms with Crippen LogP contribution >= 0.6 is 0 Å². The maximum absolute atomic E-state index is 4.37. The lowest BCUT2D eigenvalue weighted by Crippen LogP contribution is -2.17. The number of benzene rings is 3. The van der Waals surface area contributed by atoms with E-state index in [0.717, 1.165) is 0 Å². The molecule has 2 heterocycles. The summed E-state index contributed by atoms with van der Waals surface area (Å²) in [5.41, 5.74) is 18.6. The summed E-state index contributed by atoms with van der Waals surface area (Å²) in [5, 5.41) is 0. The summed E-state index contributed by atoms with van der Waals surface area (Å²) < 4.78 is 0. The van der Waals surface area contributed by atoms with Crippen LogP contribution in [0.2, 0.25) is 0 Å². The Bertz CT molecular complexity index is 1630. The van der Waals surface area contributed by atoms with Crippen LogP contribution in [0.1, 0.15) is 61.1 Å². The largest absolute Gasteiger partial charge is 0.264 e. The lowest BCUT2D eigenvalue weighted by Gasteiger charge is -2.24. The van der Waals surface area contributed by atoms with E-state index in [0.29, 0.717) is 0 Å². The minimum atomic E-state index is -0.0842. The van der Waals surface area contributed by atoms with Crippen molar-refractivity contribution in [3.05, 3.63) is 119 Å². The number of nitrogens with zero attached hydrogens (tertiary/aromatic N) is 2. The van der Waals surface area contributed by atoms with Crippen LogP contribution in [0.25, 0.3) is 44.5 Å². The molecule has 2 aliphatic rings. The molecule has 2 nitrogen and oxygen atoms in total. The molecule has 0 bridgehead atoms. The Morgan fingerprint density at radius 2 is 0.921 bits per heavy atom. The molecule has 2 aliphatic carbocycles. The van der Waals surface area contributed by atoms with E-state index in [1.807, 2.05) is 36.9 Å². The Hall–Kier alpha value is -4.04. The van der Waals surface area contributed by atoms with Crippen molar-refractivity contribution in [3.8, 4) is 44.5 Å². The smallest absolute Gasteiger partial charge is 0.0346 e. The number of hydrogen-bond acceptors (Lipinski definition) is 2. The fourth-order valence-corrected chi connectivity index (χ4v) is 7.01. The molecule has 0 amide bonds. The average molecular weight is 493 g/mol. The number of aryl methyl sites for hydroxylation is 2. The van der Waals surface area contributed by atoms with E-state index in [2.05, 4.69) is 100 Å². The molecule has 5 aromatic rings. The van der Waals surface area contributed by atoms with Crippen LogP contribution in [0.4, 0.5) is 0 Å². The van der Waals surface area contributed by atoms with Gasteiger partial charge in [-0.05, 0) is 117 Å². The predicted molar refractivity (Wildman–Crippen MR) is 158 cm³/mol. The SMILES string of the molecule is Cc1cc(-c2cccnc2)cc2c1-c1cc3c(cc1C2(C)C)-c1c(C)cc(-c2cccnc2)cc1C3(C)C. The highest BCUT2D eigenvalue weighted by Crippen LogP contribution is 2.58.